The van der Waals surface area contributed by atoms with Gasteiger partial charge in [0, 0.05) is 13.2 Å². The van der Waals surface area contributed by atoms with Crippen LogP contribution in [-0.2, 0) is 9.47 Å². The van der Waals surface area contributed by atoms with Gasteiger partial charge in [0.15, 0.2) is 0 Å². The predicted molar refractivity (Wildman–Crippen MR) is 54.8 cm³/mol. The van der Waals surface area contributed by atoms with Crippen LogP contribution in [0.4, 0.5) is 0 Å². The Balaban J connectivity index is 0. The van der Waals surface area contributed by atoms with Crippen LogP contribution < -0.4 is 0 Å². The van der Waals surface area contributed by atoms with Crippen LogP contribution in [0.5, 0.6) is 0 Å². The molecule has 0 rings (SSSR count). The maximum atomic E-state index is 5.94. The number of rotatable bonds is 5. The molecule has 0 aromatic carbocycles. The van der Waals surface area contributed by atoms with Gasteiger partial charge in [-0.1, -0.05) is 18.1 Å². The van der Waals surface area contributed by atoms with E-state index in [9.17, 15) is 0 Å². The molecule has 0 aromatic heterocycles. The lowest BCUT2D eigenvalue weighted by molar-refractivity contribution is -0.116. The summed E-state index contributed by atoms with van der Waals surface area (Å²) in [6, 6.07) is 0. The van der Waals surface area contributed by atoms with E-state index in [1.807, 2.05) is 13.8 Å². The second kappa shape index (κ2) is 7.82. The SMILES string of the molecule is CCOC(Cl)(OCC)[SiH2]C.[MgH2]. The topological polar surface area (TPSA) is 18.5 Å². The minimum Gasteiger partial charge on any atom is -0.342 e. The summed E-state index contributed by atoms with van der Waals surface area (Å²) < 4.78 is 10.4. The monoisotopic (exact) mass is 208 g/mol. The minimum atomic E-state index is -0.747. The fraction of sp³-hybridized carbons (Fsp3) is 1.00. The highest BCUT2D eigenvalue weighted by atomic mass is 35.5. The van der Waals surface area contributed by atoms with Gasteiger partial charge in [-0.05, 0) is 13.8 Å². The molecule has 2 nitrogen and oxygen atoms in total. The third-order valence-electron chi connectivity index (χ3n) is 1.14. The molecule has 0 aliphatic carbocycles. The number of hydrogen-bond acceptors (Lipinski definition) is 2. The lowest BCUT2D eigenvalue weighted by atomic mass is 10.8. The smallest absolute Gasteiger partial charge is 0.316 e. The molecule has 0 radical (unpaired) electrons. The third kappa shape index (κ3) is 6.36. The summed E-state index contributed by atoms with van der Waals surface area (Å²) in [4.78, 5) is -0.747. The van der Waals surface area contributed by atoms with E-state index >= 15 is 0 Å². The Bertz CT molecular complexity index is 88.7. The zero-order chi connectivity index (χ0) is 8.04. The quantitative estimate of drug-likeness (QED) is 0.366. The van der Waals surface area contributed by atoms with Gasteiger partial charge >= 0.3 is 23.1 Å². The maximum Gasteiger partial charge on any atom is 0.316 e. The molecule has 0 saturated heterocycles. The van der Waals surface area contributed by atoms with Gasteiger partial charge in [-0.15, -0.1) is 0 Å². The average Bonchev–Trinajstić information content (AvgIpc) is 1.89. The van der Waals surface area contributed by atoms with Crippen LogP contribution in [-0.4, -0.2) is 50.7 Å². The van der Waals surface area contributed by atoms with Crippen LogP contribution in [0, 0.1) is 0 Å². The Morgan fingerprint density at radius 2 is 1.64 bits per heavy atom. The second-order valence-corrected chi connectivity index (χ2v) is 4.54. The van der Waals surface area contributed by atoms with E-state index in [-0.39, 0.29) is 23.1 Å². The molecule has 5 heteroatoms. The molecule has 0 aliphatic rings. The highest BCUT2D eigenvalue weighted by Gasteiger charge is 2.24. The average molecular weight is 209 g/mol. The Morgan fingerprint density at radius 1 is 1.27 bits per heavy atom. The summed E-state index contributed by atoms with van der Waals surface area (Å²) in [6.07, 6.45) is 0. The summed E-state index contributed by atoms with van der Waals surface area (Å²) in [5.74, 6) is 0. The largest absolute Gasteiger partial charge is 0.342 e. The van der Waals surface area contributed by atoms with Crippen molar-refractivity contribution in [3.8, 4) is 0 Å². The van der Waals surface area contributed by atoms with Crippen LogP contribution >= 0.6 is 11.6 Å². The number of halogens is 1. The fourth-order valence-corrected chi connectivity index (χ4v) is 1.71. The molecule has 0 saturated carbocycles. The first-order chi connectivity index (χ1) is 4.68. The van der Waals surface area contributed by atoms with Crippen molar-refractivity contribution in [1.82, 2.24) is 0 Å². The fourth-order valence-electron chi connectivity index (χ4n) is 0.677. The number of ether oxygens (including phenoxy) is 2. The van der Waals surface area contributed by atoms with E-state index in [0.29, 0.717) is 13.2 Å². The second-order valence-electron chi connectivity index (χ2n) is 1.88. The van der Waals surface area contributed by atoms with Crippen LogP contribution in [0.1, 0.15) is 13.8 Å². The van der Waals surface area contributed by atoms with Crippen molar-refractivity contribution in [2.24, 2.45) is 0 Å². The molecular formula is C6H17ClMgO2Si. The van der Waals surface area contributed by atoms with Crippen molar-refractivity contribution in [3.05, 3.63) is 0 Å². The zero-order valence-corrected chi connectivity index (χ0v) is 8.99. The molecule has 0 aliphatic heterocycles. The van der Waals surface area contributed by atoms with Gasteiger partial charge in [0.1, 0.15) is 9.52 Å². The van der Waals surface area contributed by atoms with Gasteiger partial charge in [-0.2, -0.15) is 0 Å². The molecule has 0 N–H and O–H groups in total. The number of hydrogen-bond donors (Lipinski definition) is 0. The molecule has 0 unspecified atom stereocenters. The molecule has 0 spiro atoms. The van der Waals surface area contributed by atoms with Crippen molar-refractivity contribution < 1.29 is 9.47 Å². The first-order valence-corrected chi connectivity index (χ1v) is 6.15. The standard InChI is InChI=1S/C6H15ClO2Si.Mg.2H/c1-4-8-6(7,10-3)9-5-2;;;/h4-5,10H2,1-3H3;;;. The third-order valence-corrected chi connectivity index (χ3v) is 3.41. The summed E-state index contributed by atoms with van der Waals surface area (Å²) in [7, 11) is -0.469. The lowest BCUT2D eigenvalue weighted by Crippen LogP contribution is -2.34. The van der Waals surface area contributed by atoms with Gasteiger partial charge in [0.25, 0.3) is 0 Å². The van der Waals surface area contributed by atoms with Gasteiger partial charge in [0.05, 0.1) is 0 Å². The van der Waals surface area contributed by atoms with Crippen LogP contribution in [0.2, 0.25) is 6.55 Å². The Kier molecular flexibility index (Phi) is 10.5. The lowest BCUT2D eigenvalue weighted by Gasteiger charge is -2.24. The Hall–Kier alpha value is 1.19. The van der Waals surface area contributed by atoms with Gasteiger partial charge < -0.3 is 9.47 Å². The molecular weight excluding hydrogens is 192 g/mol. The van der Waals surface area contributed by atoms with Crippen LogP contribution in [0.25, 0.3) is 0 Å². The summed E-state index contributed by atoms with van der Waals surface area (Å²) in [5, 5.41) is 0. The van der Waals surface area contributed by atoms with Crippen LogP contribution in [0.3, 0.4) is 0 Å². The van der Waals surface area contributed by atoms with E-state index < -0.39 is 14.4 Å². The molecule has 0 amide bonds. The highest BCUT2D eigenvalue weighted by Crippen LogP contribution is 2.16. The number of alkyl halides is 1. The first kappa shape index (κ1) is 14.7. The van der Waals surface area contributed by atoms with Crippen LogP contribution in [0.15, 0.2) is 0 Å². The minimum absolute atomic E-state index is 0. The molecule has 11 heavy (non-hydrogen) atoms. The van der Waals surface area contributed by atoms with Gasteiger partial charge in [-0.25, -0.2) is 0 Å². The molecule has 0 heterocycles. The summed E-state index contributed by atoms with van der Waals surface area (Å²) in [6.45, 7) is 7.13. The summed E-state index contributed by atoms with van der Waals surface area (Å²) >= 11 is 5.94. The van der Waals surface area contributed by atoms with E-state index in [1.54, 1.807) is 0 Å². The van der Waals surface area contributed by atoms with Gasteiger partial charge in [0.2, 0.25) is 4.87 Å². The van der Waals surface area contributed by atoms with Crippen molar-refractivity contribution in [3.63, 3.8) is 0 Å². The van der Waals surface area contributed by atoms with Crippen molar-refractivity contribution in [2.75, 3.05) is 13.2 Å². The van der Waals surface area contributed by atoms with E-state index in [1.165, 1.54) is 0 Å². The molecule has 0 atom stereocenters. The molecule has 0 bridgehead atoms. The van der Waals surface area contributed by atoms with Crippen molar-refractivity contribution in [1.29, 1.82) is 0 Å². The van der Waals surface area contributed by atoms with E-state index in [2.05, 4.69) is 6.55 Å². The molecule has 66 valence electrons. The Labute approximate surface area is 91.9 Å². The highest BCUT2D eigenvalue weighted by molar-refractivity contribution is 6.53. The summed E-state index contributed by atoms with van der Waals surface area (Å²) in [5.41, 5.74) is 0. The van der Waals surface area contributed by atoms with E-state index in [4.69, 9.17) is 21.1 Å². The Morgan fingerprint density at radius 3 is 1.82 bits per heavy atom. The van der Waals surface area contributed by atoms with E-state index in [0.717, 1.165) is 0 Å². The molecule has 0 aromatic rings. The first-order valence-electron chi connectivity index (χ1n) is 3.65. The predicted octanol–water partition coefficient (Wildman–Crippen LogP) is 0.210. The normalized spacial score (nSPS) is 12.0. The molecule has 0 fully saturated rings. The van der Waals surface area contributed by atoms with Gasteiger partial charge in [-0.3, -0.25) is 0 Å². The van der Waals surface area contributed by atoms with Crippen molar-refractivity contribution >= 4 is 44.2 Å². The van der Waals surface area contributed by atoms with Crippen molar-refractivity contribution in [2.45, 2.75) is 25.3 Å². The zero-order valence-electron chi connectivity index (χ0n) is 6.82. The maximum absolute atomic E-state index is 5.94.